The minimum absolute atomic E-state index is 0.0646. The molecule has 3 aromatic rings. The first kappa shape index (κ1) is 17.7. The summed E-state index contributed by atoms with van der Waals surface area (Å²) in [7, 11) is 1.91. The van der Waals surface area contributed by atoms with Crippen LogP contribution in [-0.2, 0) is 18.3 Å². The van der Waals surface area contributed by atoms with E-state index in [2.05, 4.69) is 26.2 Å². The van der Waals surface area contributed by atoms with Crippen LogP contribution in [0.1, 0.15) is 23.0 Å². The number of halogens is 2. The number of carbonyl (C=O) groups excluding carboxylic acids is 1. The zero-order valence-electron chi connectivity index (χ0n) is 13.6. The van der Waals surface area contributed by atoms with Gasteiger partial charge in [0.1, 0.15) is 11.9 Å². The fourth-order valence-corrected chi connectivity index (χ4v) is 3.00. The Balaban J connectivity index is 1.82. The number of amides is 1. The van der Waals surface area contributed by atoms with Crippen LogP contribution in [-0.4, -0.2) is 15.5 Å². The van der Waals surface area contributed by atoms with E-state index in [-0.39, 0.29) is 11.9 Å². The summed E-state index contributed by atoms with van der Waals surface area (Å²) in [6.45, 7) is 0. The summed E-state index contributed by atoms with van der Waals surface area (Å²) in [5.41, 5.74) is 1.89. The molecule has 25 heavy (non-hydrogen) atoms. The molecule has 1 aromatic heterocycles. The van der Waals surface area contributed by atoms with Crippen molar-refractivity contribution >= 4 is 33.4 Å². The van der Waals surface area contributed by atoms with Crippen molar-refractivity contribution in [3.63, 3.8) is 0 Å². The van der Waals surface area contributed by atoms with Crippen LogP contribution in [0.5, 0.6) is 0 Å². The summed E-state index contributed by atoms with van der Waals surface area (Å²) in [5, 5.41) is 3.74. The average molecular weight is 419 g/mol. The molecule has 0 bridgehead atoms. The van der Waals surface area contributed by atoms with Crippen molar-refractivity contribution in [1.29, 1.82) is 0 Å². The molecular formula is C19H17BrClN3O. The molecule has 1 unspecified atom stereocenters. The van der Waals surface area contributed by atoms with Crippen LogP contribution < -0.4 is 5.32 Å². The molecule has 6 heteroatoms. The van der Waals surface area contributed by atoms with Crippen LogP contribution in [0.15, 0.2) is 65.4 Å². The lowest BCUT2D eigenvalue weighted by molar-refractivity contribution is -0.121. The van der Waals surface area contributed by atoms with E-state index in [0.29, 0.717) is 11.4 Å². The molecule has 1 atom stereocenters. The van der Waals surface area contributed by atoms with Crippen molar-refractivity contribution in [2.75, 3.05) is 0 Å². The maximum Gasteiger partial charge on any atom is 0.225 e. The van der Waals surface area contributed by atoms with Crippen LogP contribution in [0.3, 0.4) is 0 Å². The van der Waals surface area contributed by atoms with Gasteiger partial charge in [-0.1, -0.05) is 51.8 Å². The first-order valence-corrected chi connectivity index (χ1v) is 8.96. The van der Waals surface area contributed by atoms with E-state index in [1.165, 1.54) is 0 Å². The molecule has 2 aromatic carbocycles. The highest BCUT2D eigenvalue weighted by Crippen LogP contribution is 2.22. The van der Waals surface area contributed by atoms with Gasteiger partial charge in [-0.3, -0.25) is 4.79 Å². The SMILES string of the molecule is Cn1ccnc1C(NC(=O)Cc1ccc(Br)cc1)c1ccc(Cl)cc1. The molecule has 0 aliphatic carbocycles. The number of hydrogen-bond donors (Lipinski definition) is 1. The number of rotatable bonds is 5. The number of nitrogens with zero attached hydrogens (tertiary/aromatic N) is 2. The predicted molar refractivity (Wildman–Crippen MR) is 102 cm³/mol. The third-order valence-corrected chi connectivity index (χ3v) is 4.68. The lowest BCUT2D eigenvalue weighted by Crippen LogP contribution is -2.32. The molecule has 0 saturated carbocycles. The zero-order chi connectivity index (χ0) is 17.8. The Kier molecular flexibility index (Phi) is 5.56. The van der Waals surface area contributed by atoms with Crippen molar-refractivity contribution in [3.05, 3.63) is 87.4 Å². The van der Waals surface area contributed by atoms with Crippen molar-refractivity contribution in [2.45, 2.75) is 12.5 Å². The molecule has 4 nitrogen and oxygen atoms in total. The van der Waals surface area contributed by atoms with E-state index in [1.54, 1.807) is 6.20 Å². The van der Waals surface area contributed by atoms with Crippen molar-refractivity contribution in [2.24, 2.45) is 7.05 Å². The Morgan fingerprint density at radius 2 is 1.88 bits per heavy atom. The molecule has 0 fully saturated rings. The molecule has 0 saturated heterocycles. The van der Waals surface area contributed by atoms with Crippen LogP contribution in [0.4, 0.5) is 0 Å². The van der Waals surface area contributed by atoms with E-state index >= 15 is 0 Å². The first-order chi connectivity index (χ1) is 12.0. The second kappa shape index (κ2) is 7.85. The average Bonchev–Trinajstić information content (AvgIpc) is 3.01. The molecule has 1 amide bonds. The predicted octanol–water partition coefficient (Wildman–Crippen LogP) is 4.28. The van der Waals surface area contributed by atoms with Gasteiger partial charge in [-0.05, 0) is 35.4 Å². The highest BCUT2D eigenvalue weighted by molar-refractivity contribution is 9.10. The largest absolute Gasteiger partial charge is 0.342 e. The minimum Gasteiger partial charge on any atom is -0.342 e. The summed E-state index contributed by atoms with van der Waals surface area (Å²) in [6, 6.07) is 14.8. The topological polar surface area (TPSA) is 46.9 Å². The zero-order valence-corrected chi connectivity index (χ0v) is 16.0. The number of carbonyl (C=O) groups is 1. The van der Waals surface area contributed by atoms with Gasteiger partial charge in [-0.15, -0.1) is 0 Å². The lowest BCUT2D eigenvalue weighted by Gasteiger charge is -2.19. The van der Waals surface area contributed by atoms with E-state index in [1.807, 2.05) is 66.3 Å². The number of benzene rings is 2. The molecule has 0 aliphatic rings. The van der Waals surface area contributed by atoms with Gasteiger partial charge in [-0.2, -0.15) is 0 Å². The van der Waals surface area contributed by atoms with Crippen molar-refractivity contribution < 1.29 is 4.79 Å². The normalized spacial score (nSPS) is 12.0. The Bertz CT molecular complexity index is 859. The molecule has 1 heterocycles. The Hall–Kier alpha value is -2.11. The van der Waals surface area contributed by atoms with Gasteiger partial charge >= 0.3 is 0 Å². The molecular weight excluding hydrogens is 402 g/mol. The van der Waals surface area contributed by atoms with Gasteiger partial charge in [0.25, 0.3) is 0 Å². The van der Waals surface area contributed by atoms with E-state index < -0.39 is 0 Å². The van der Waals surface area contributed by atoms with Gasteiger partial charge in [-0.25, -0.2) is 4.98 Å². The number of imidazole rings is 1. The fraction of sp³-hybridized carbons (Fsp3) is 0.158. The van der Waals surface area contributed by atoms with E-state index in [9.17, 15) is 4.79 Å². The Morgan fingerprint density at radius 1 is 1.20 bits per heavy atom. The monoisotopic (exact) mass is 417 g/mol. The summed E-state index contributed by atoms with van der Waals surface area (Å²) >= 11 is 9.39. The second-order valence-electron chi connectivity index (χ2n) is 5.75. The maximum absolute atomic E-state index is 12.6. The molecule has 0 radical (unpaired) electrons. The minimum atomic E-state index is -0.333. The summed E-state index contributed by atoms with van der Waals surface area (Å²) in [5.74, 6) is 0.705. The van der Waals surface area contributed by atoms with Gasteiger partial charge in [0.15, 0.2) is 0 Å². The van der Waals surface area contributed by atoms with E-state index in [0.717, 1.165) is 21.4 Å². The number of nitrogens with one attached hydrogen (secondary N) is 1. The number of aryl methyl sites for hydroxylation is 1. The maximum atomic E-state index is 12.6. The third-order valence-electron chi connectivity index (χ3n) is 3.90. The fourth-order valence-electron chi connectivity index (χ4n) is 2.61. The molecule has 0 aliphatic heterocycles. The highest BCUT2D eigenvalue weighted by atomic mass is 79.9. The summed E-state index contributed by atoms with van der Waals surface area (Å²) < 4.78 is 2.89. The molecule has 0 spiro atoms. The summed E-state index contributed by atoms with van der Waals surface area (Å²) in [6.07, 6.45) is 3.89. The van der Waals surface area contributed by atoms with Crippen molar-refractivity contribution in [3.8, 4) is 0 Å². The first-order valence-electron chi connectivity index (χ1n) is 7.79. The van der Waals surface area contributed by atoms with Gasteiger partial charge in [0.05, 0.1) is 6.42 Å². The Morgan fingerprint density at radius 3 is 2.48 bits per heavy atom. The van der Waals surface area contributed by atoms with Crippen LogP contribution in [0.2, 0.25) is 5.02 Å². The van der Waals surface area contributed by atoms with Crippen LogP contribution in [0, 0.1) is 0 Å². The molecule has 128 valence electrons. The highest BCUT2D eigenvalue weighted by Gasteiger charge is 2.20. The molecule has 1 N–H and O–H groups in total. The van der Waals surface area contributed by atoms with Crippen LogP contribution in [0.25, 0.3) is 0 Å². The second-order valence-corrected chi connectivity index (χ2v) is 7.10. The van der Waals surface area contributed by atoms with E-state index in [4.69, 9.17) is 11.6 Å². The van der Waals surface area contributed by atoms with Crippen molar-refractivity contribution in [1.82, 2.24) is 14.9 Å². The standard InChI is InChI=1S/C19H17BrClN3O/c1-24-11-10-22-19(24)18(14-4-8-16(21)9-5-14)23-17(25)12-13-2-6-15(20)7-3-13/h2-11,18H,12H2,1H3,(H,23,25). The third kappa shape index (κ3) is 4.50. The summed E-state index contributed by atoms with van der Waals surface area (Å²) in [4.78, 5) is 17.0. The van der Waals surface area contributed by atoms with Gasteiger partial charge in [0.2, 0.25) is 5.91 Å². The molecule has 3 rings (SSSR count). The van der Waals surface area contributed by atoms with Gasteiger partial charge < -0.3 is 9.88 Å². The van der Waals surface area contributed by atoms with Crippen LogP contribution >= 0.6 is 27.5 Å². The number of aromatic nitrogens is 2. The quantitative estimate of drug-likeness (QED) is 0.672. The smallest absolute Gasteiger partial charge is 0.225 e. The lowest BCUT2D eigenvalue weighted by atomic mass is 10.1. The van der Waals surface area contributed by atoms with Gasteiger partial charge in [0, 0.05) is 28.9 Å². The Labute approximate surface area is 160 Å². The number of hydrogen-bond acceptors (Lipinski definition) is 2.